The molecule has 1 heterocycles. The van der Waals surface area contributed by atoms with Gasteiger partial charge in [0.2, 0.25) is 0 Å². The summed E-state index contributed by atoms with van der Waals surface area (Å²) < 4.78 is 1.80. The van der Waals surface area contributed by atoms with Crippen molar-refractivity contribution in [3.63, 3.8) is 0 Å². The van der Waals surface area contributed by atoms with Crippen LogP contribution in [0.4, 0.5) is 0 Å². The highest BCUT2D eigenvalue weighted by atomic mass is 35.5. The Morgan fingerprint density at radius 2 is 1.92 bits per heavy atom. The number of nitrogens with two attached hydrogens (primary N) is 1. The van der Waals surface area contributed by atoms with Gasteiger partial charge in [-0.2, -0.15) is 5.10 Å². The summed E-state index contributed by atoms with van der Waals surface area (Å²) in [5.74, 6) is -0.197. The fraction of sp³-hybridized carbons (Fsp3) is 0.158. The Morgan fingerprint density at radius 3 is 2.60 bits per heavy atom. The first-order valence-corrected chi connectivity index (χ1v) is 8.66. The molecular weight excluding hydrogens is 357 g/mol. The van der Waals surface area contributed by atoms with E-state index in [1.54, 1.807) is 47.1 Å². The largest absolute Gasteiger partial charge is 0.326 e. The molecule has 6 heteroatoms. The van der Waals surface area contributed by atoms with E-state index in [0.717, 1.165) is 5.56 Å². The van der Waals surface area contributed by atoms with Crippen LogP contribution in [0.5, 0.6) is 0 Å². The molecule has 0 aliphatic heterocycles. The number of carbonyl (C=O) groups is 1. The van der Waals surface area contributed by atoms with E-state index in [2.05, 4.69) is 5.10 Å². The van der Waals surface area contributed by atoms with Crippen LogP contribution in [0.25, 0.3) is 11.3 Å². The van der Waals surface area contributed by atoms with E-state index < -0.39 is 0 Å². The van der Waals surface area contributed by atoms with Crippen molar-refractivity contribution in [3.05, 3.63) is 75.4 Å². The third-order valence-electron chi connectivity index (χ3n) is 3.98. The lowest BCUT2D eigenvalue weighted by atomic mass is 9.95. The molecule has 2 aromatic carbocycles. The fourth-order valence-electron chi connectivity index (χ4n) is 2.70. The zero-order valence-electron chi connectivity index (χ0n) is 13.7. The predicted octanol–water partition coefficient (Wildman–Crippen LogP) is 4.57. The summed E-state index contributed by atoms with van der Waals surface area (Å²) in [4.78, 5) is 13.1. The van der Waals surface area contributed by atoms with Crippen molar-refractivity contribution in [1.29, 1.82) is 0 Å². The topological polar surface area (TPSA) is 60.9 Å². The Labute approximate surface area is 156 Å². The van der Waals surface area contributed by atoms with E-state index in [-0.39, 0.29) is 5.78 Å². The molecule has 0 saturated heterocycles. The van der Waals surface area contributed by atoms with Crippen LogP contribution in [0.2, 0.25) is 10.0 Å². The molecule has 3 aromatic rings. The quantitative estimate of drug-likeness (QED) is 0.666. The van der Waals surface area contributed by atoms with Gasteiger partial charge in [0.25, 0.3) is 0 Å². The average Bonchev–Trinajstić information content (AvgIpc) is 3.05. The van der Waals surface area contributed by atoms with E-state index >= 15 is 0 Å². The molecule has 3 rings (SSSR count). The van der Waals surface area contributed by atoms with E-state index in [1.165, 1.54) is 0 Å². The van der Waals surface area contributed by atoms with Crippen LogP contribution >= 0.6 is 23.2 Å². The second kappa shape index (κ2) is 7.40. The molecule has 25 heavy (non-hydrogen) atoms. The van der Waals surface area contributed by atoms with E-state index in [1.807, 2.05) is 13.1 Å². The van der Waals surface area contributed by atoms with Gasteiger partial charge in [-0.3, -0.25) is 9.48 Å². The summed E-state index contributed by atoms with van der Waals surface area (Å²) >= 11 is 12.3. The summed E-state index contributed by atoms with van der Waals surface area (Å²) in [5.41, 5.74) is 9.00. The SMILES string of the molecule is CCn1cc(CN)c(-c2ccc(Cl)cc2C(=O)c2ccccc2Cl)n1. The van der Waals surface area contributed by atoms with Gasteiger partial charge in [0.05, 0.1) is 10.7 Å². The van der Waals surface area contributed by atoms with Gasteiger partial charge < -0.3 is 5.73 Å². The summed E-state index contributed by atoms with van der Waals surface area (Å²) in [5, 5.41) is 5.44. The number of hydrogen-bond acceptors (Lipinski definition) is 3. The molecular formula is C19H17Cl2N3O. The maximum atomic E-state index is 13.1. The summed E-state index contributed by atoms with van der Waals surface area (Å²) in [6.45, 7) is 3.04. The van der Waals surface area contributed by atoms with Crippen LogP contribution in [0, 0.1) is 0 Å². The Bertz CT molecular complexity index is 934. The van der Waals surface area contributed by atoms with Crippen molar-refractivity contribution in [1.82, 2.24) is 9.78 Å². The predicted molar refractivity (Wildman–Crippen MR) is 101 cm³/mol. The average molecular weight is 374 g/mol. The molecule has 0 amide bonds. The van der Waals surface area contributed by atoms with Crippen LogP contribution in [0.15, 0.2) is 48.7 Å². The third-order valence-corrected chi connectivity index (χ3v) is 4.55. The highest BCUT2D eigenvalue weighted by Crippen LogP contribution is 2.31. The molecule has 4 nitrogen and oxygen atoms in total. The third kappa shape index (κ3) is 3.47. The van der Waals surface area contributed by atoms with Crippen molar-refractivity contribution in [3.8, 4) is 11.3 Å². The molecule has 0 radical (unpaired) electrons. The molecule has 0 atom stereocenters. The smallest absolute Gasteiger partial charge is 0.195 e. The minimum atomic E-state index is -0.197. The highest BCUT2D eigenvalue weighted by molar-refractivity contribution is 6.35. The lowest BCUT2D eigenvalue weighted by molar-refractivity contribution is 0.103. The summed E-state index contributed by atoms with van der Waals surface area (Å²) in [6, 6.07) is 12.1. The lowest BCUT2D eigenvalue weighted by Crippen LogP contribution is -2.06. The first-order chi connectivity index (χ1) is 12.0. The van der Waals surface area contributed by atoms with Gasteiger partial charge in [-0.25, -0.2) is 0 Å². The van der Waals surface area contributed by atoms with Crippen molar-refractivity contribution < 1.29 is 4.79 Å². The number of rotatable bonds is 5. The molecule has 0 fully saturated rings. The highest BCUT2D eigenvalue weighted by Gasteiger charge is 2.21. The van der Waals surface area contributed by atoms with Crippen LogP contribution in [-0.4, -0.2) is 15.6 Å². The molecule has 2 N–H and O–H groups in total. The van der Waals surface area contributed by atoms with Gasteiger partial charge in [0.1, 0.15) is 0 Å². The zero-order valence-corrected chi connectivity index (χ0v) is 15.2. The lowest BCUT2D eigenvalue weighted by Gasteiger charge is -2.10. The van der Waals surface area contributed by atoms with Crippen LogP contribution in [-0.2, 0) is 13.1 Å². The van der Waals surface area contributed by atoms with Crippen molar-refractivity contribution >= 4 is 29.0 Å². The molecule has 128 valence electrons. The zero-order chi connectivity index (χ0) is 18.0. The van der Waals surface area contributed by atoms with Gasteiger partial charge in [0, 0.05) is 46.6 Å². The minimum Gasteiger partial charge on any atom is -0.326 e. The number of halogens is 2. The molecule has 0 bridgehead atoms. The van der Waals surface area contributed by atoms with Crippen molar-refractivity contribution in [2.45, 2.75) is 20.0 Å². The number of hydrogen-bond donors (Lipinski definition) is 1. The Hall–Kier alpha value is -2.14. The van der Waals surface area contributed by atoms with E-state index in [0.29, 0.717) is 45.5 Å². The second-order valence-electron chi connectivity index (χ2n) is 5.56. The minimum absolute atomic E-state index is 0.197. The Balaban J connectivity index is 2.19. The fourth-order valence-corrected chi connectivity index (χ4v) is 3.10. The molecule has 1 aromatic heterocycles. The summed E-state index contributed by atoms with van der Waals surface area (Å²) in [6.07, 6.45) is 1.90. The first kappa shape index (κ1) is 17.7. The molecule has 0 saturated carbocycles. The Morgan fingerprint density at radius 1 is 1.16 bits per heavy atom. The van der Waals surface area contributed by atoms with Gasteiger partial charge in [-0.1, -0.05) is 41.4 Å². The molecule has 0 unspecified atom stereocenters. The Kier molecular flexibility index (Phi) is 5.23. The number of aryl methyl sites for hydroxylation is 1. The van der Waals surface area contributed by atoms with Crippen molar-refractivity contribution in [2.75, 3.05) is 0 Å². The van der Waals surface area contributed by atoms with Crippen molar-refractivity contribution in [2.24, 2.45) is 5.73 Å². The maximum absolute atomic E-state index is 13.1. The monoisotopic (exact) mass is 373 g/mol. The standard InChI is InChI=1S/C19H17Cl2N3O/c1-2-24-11-12(10-22)18(23-24)14-8-7-13(20)9-16(14)19(25)15-5-3-4-6-17(15)21/h3-9,11H,2,10,22H2,1H3. The van der Waals surface area contributed by atoms with Crippen LogP contribution < -0.4 is 5.73 Å². The van der Waals surface area contributed by atoms with Gasteiger partial charge >= 0.3 is 0 Å². The number of aromatic nitrogens is 2. The normalized spacial score (nSPS) is 10.9. The van der Waals surface area contributed by atoms with E-state index in [9.17, 15) is 4.79 Å². The number of nitrogens with zero attached hydrogens (tertiary/aromatic N) is 2. The first-order valence-electron chi connectivity index (χ1n) is 7.90. The number of carbonyl (C=O) groups excluding carboxylic acids is 1. The van der Waals surface area contributed by atoms with Crippen LogP contribution in [0.3, 0.4) is 0 Å². The molecule has 0 aliphatic carbocycles. The van der Waals surface area contributed by atoms with Gasteiger partial charge in [-0.15, -0.1) is 0 Å². The second-order valence-corrected chi connectivity index (χ2v) is 6.41. The van der Waals surface area contributed by atoms with E-state index in [4.69, 9.17) is 28.9 Å². The van der Waals surface area contributed by atoms with Gasteiger partial charge in [0.15, 0.2) is 5.78 Å². The van der Waals surface area contributed by atoms with Crippen LogP contribution in [0.1, 0.15) is 28.4 Å². The number of ketones is 1. The molecule has 0 spiro atoms. The van der Waals surface area contributed by atoms with Gasteiger partial charge in [-0.05, 0) is 31.2 Å². The maximum Gasteiger partial charge on any atom is 0.195 e. The summed E-state index contributed by atoms with van der Waals surface area (Å²) in [7, 11) is 0. The number of benzene rings is 2. The molecule has 0 aliphatic rings.